The summed E-state index contributed by atoms with van der Waals surface area (Å²) >= 11 is 1.39. The van der Waals surface area contributed by atoms with Crippen molar-refractivity contribution in [3.05, 3.63) is 18.0 Å². The van der Waals surface area contributed by atoms with E-state index in [2.05, 4.69) is 9.97 Å². The highest BCUT2D eigenvalue weighted by atomic mass is 32.2. The molecule has 0 saturated heterocycles. The zero-order valence-electron chi connectivity index (χ0n) is 10.2. The summed E-state index contributed by atoms with van der Waals surface area (Å²) in [5.41, 5.74) is 0.328. The van der Waals surface area contributed by atoms with Crippen LogP contribution in [0.15, 0.2) is 17.4 Å². The molecule has 0 saturated carbocycles. The molecule has 16 heavy (non-hydrogen) atoms. The standard InChI is InChI=1S/C8H11N3O2S.C2H6/c1-11(13-2)7(12)6-4-5-9-8(10-6)14-3;1-2/h4-5H,1-3H3;1-2H3. The Kier molecular flexibility index (Phi) is 7.49. The Labute approximate surface area is 100 Å². The van der Waals surface area contributed by atoms with Gasteiger partial charge in [0.1, 0.15) is 5.69 Å². The third-order valence-corrected chi connectivity index (χ3v) is 2.16. The van der Waals surface area contributed by atoms with Crippen molar-refractivity contribution in [1.29, 1.82) is 0 Å². The van der Waals surface area contributed by atoms with Gasteiger partial charge in [0.05, 0.1) is 7.11 Å². The quantitative estimate of drug-likeness (QED) is 0.461. The first-order valence-corrected chi connectivity index (χ1v) is 6.10. The van der Waals surface area contributed by atoms with E-state index in [0.717, 1.165) is 5.06 Å². The number of thioether (sulfide) groups is 1. The second kappa shape index (κ2) is 8.06. The lowest BCUT2D eigenvalue weighted by atomic mass is 10.4. The van der Waals surface area contributed by atoms with Crippen molar-refractivity contribution in [3.63, 3.8) is 0 Å². The van der Waals surface area contributed by atoms with Gasteiger partial charge in [-0.05, 0) is 12.3 Å². The van der Waals surface area contributed by atoms with Crippen molar-refractivity contribution in [3.8, 4) is 0 Å². The minimum atomic E-state index is -0.287. The van der Waals surface area contributed by atoms with E-state index >= 15 is 0 Å². The Morgan fingerprint density at radius 3 is 2.62 bits per heavy atom. The molecule has 0 atom stereocenters. The fraction of sp³-hybridized carbons (Fsp3) is 0.500. The van der Waals surface area contributed by atoms with Crippen LogP contribution in [0.1, 0.15) is 24.3 Å². The fourth-order valence-electron chi connectivity index (χ4n) is 0.802. The molecule has 1 amide bonds. The van der Waals surface area contributed by atoms with E-state index in [9.17, 15) is 4.79 Å². The van der Waals surface area contributed by atoms with Crippen molar-refractivity contribution >= 4 is 17.7 Å². The van der Waals surface area contributed by atoms with Gasteiger partial charge in [0.15, 0.2) is 5.16 Å². The van der Waals surface area contributed by atoms with E-state index in [0.29, 0.717) is 10.9 Å². The van der Waals surface area contributed by atoms with Gasteiger partial charge in [-0.25, -0.2) is 15.0 Å². The molecule has 6 heteroatoms. The minimum absolute atomic E-state index is 0.287. The Hall–Kier alpha value is -1.14. The van der Waals surface area contributed by atoms with E-state index in [1.54, 1.807) is 12.3 Å². The van der Waals surface area contributed by atoms with Crippen LogP contribution >= 0.6 is 11.8 Å². The zero-order valence-corrected chi connectivity index (χ0v) is 11.0. The van der Waals surface area contributed by atoms with E-state index in [4.69, 9.17) is 4.84 Å². The highest BCUT2D eigenvalue weighted by Crippen LogP contribution is 2.08. The largest absolute Gasteiger partial charge is 0.295 e. The lowest BCUT2D eigenvalue weighted by Crippen LogP contribution is -2.26. The maximum atomic E-state index is 11.5. The normalized spacial score (nSPS) is 9.06. The Morgan fingerprint density at radius 2 is 2.12 bits per heavy atom. The first kappa shape index (κ1) is 14.9. The van der Waals surface area contributed by atoms with Gasteiger partial charge in [0, 0.05) is 13.2 Å². The zero-order chi connectivity index (χ0) is 12.6. The van der Waals surface area contributed by atoms with E-state index in [1.807, 2.05) is 20.1 Å². The van der Waals surface area contributed by atoms with Crippen molar-refractivity contribution in [1.82, 2.24) is 15.0 Å². The number of rotatable bonds is 3. The number of hydrogen-bond donors (Lipinski definition) is 0. The van der Waals surface area contributed by atoms with E-state index < -0.39 is 0 Å². The number of amides is 1. The monoisotopic (exact) mass is 243 g/mol. The van der Waals surface area contributed by atoms with Crippen LogP contribution in [-0.4, -0.2) is 41.4 Å². The van der Waals surface area contributed by atoms with E-state index in [1.165, 1.54) is 25.9 Å². The van der Waals surface area contributed by atoms with Crippen LogP contribution in [0.4, 0.5) is 0 Å². The summed E-state index contributed by atoms with van der Waals surface area (Å²) in [4.78, 5) is 24.3. The Bertz CT molecular complexity index is 334. The maximum absolute atomic E-state index is 11.5. The molecule has 1 aromatic heterocycles. The first-order valence-electron chi connectivity index (χ1n) is 4.88. The molecule has 0 aliphatic carbocycles. The molecule has 0 aliphatic heterocycles. The molecule has 0 radical (unpaired) electrons. The summed E-state index contributed by atoms with van der Waals surface area (Å²) < 4.78 is 0. The van der Waals surface area contributed by atoms with Crippen molar-refractivity contribution < 1.29 is 9.63 Å². The number of hydroxylamine groups is 2. The molecule has 1 rings (SSSR count). The molecule has 5 nitrogen and oxygen atoms in total. The second-order valence-electron chi connectivity index (χ2n) is 2.41. The third-order valence-electron chi connectivity index (χ3n) is 1.60. The lowest BCUT2D eigenvalue weighted by Gasteiger charge is -2.12. The summed E-state index contributed by atoms with van der Waals surface area (Å²) in [6.45, 7) is 4.00. The number of aromatic nitrogens is 2. The van der Waals surface area contributed by atoms with Gasteiger partial charge in [-0.1, -0.05) is 25.6 Å². The minimum Gasteiger partial charge on any atom is -0.274 e. The van der Waals surface area contributed by atoms with Crippen LogP contribution in [0.25, 0.3) is 0 Å². The molecular formula is C10H17N3O2S. The van der Waals surface area contributed by atoms with Gasteiger partial charge >= 0.3 is 0 Å². The number of hydrogen-bond acceptors (Lipinski definition) is 5. The average molecular weight is 243 g/mol. The molecule has 0 unspecified atom stereocenters. The van der Waals surface area contributed by atoms with Crippen molar-refractivity contribution in [2.45, 2.75) is 19.0 Å². The second-order valence-corrected chi connectivity index (χ2v) is 3.19. The average Bonchev–Trinajstić information content (AvgIpc) is 2.39. The van der Waals surface area contributed by atoms with Crippen molar-refractivity contribution in [2.75, 3.05) is 20.4 Å². The summed E-state index contributed by atoms with van der Waals surface area (Å²) in [5, 5.41) is 1.69. The molecule has 0 N–H and O–H groups in total. The van der Waals surface area contributed by atoms with Gasteiger partial charge in [-0.15, -0.1) is 0 Å². The smallest absolute Gasteiger partial charge is 0.274 e. The highest BCUT2D eigenvalue weighted by Gasteiger charge is 2.13. The highest BCUT2D eigenvalue weighted by molar-refractivity contribution is 7.98. The van der Waals surface area contributed by atoms with Gasteiger partial charge in [0.25, 0.3) is 5.91 Å². The summed E-state index contributed by atoms with van der Waals surface area (Å²) in [7, 11) is 2.96. The first-order chi connectivity index (χ1) is 7.69. The molecular weight excluding hydrogens is 226 g/mol. The third kappa shape index (κ3) is 4.16. The predicted molar refractivity (Wildman–Crippen MR) is 64.3 cm³/mol. The molecule has 0 aliphatic rings. The van der Waals surface area contributed by atoms with Crippen LogP contribution in [-0.2, 0) is 4.84 Å². The van der Waals surface area contributed by atoms with Crippen LogP contribution in [0.3, 0.4) is 0 Å². The molecule has 0 fully saturated rings. The van der Waals surface area contributed by atoms with Gasteiger partial charge < -0.3 is 0 Å². The van der Waals surface area contributed by atoms with Gasteiger partial charge in [-0.3, -0.25) is 9.63 Å². The fourth-order valence-corrected chi connectivity index (χ4v) is 1.16. The van der Waals surface area contributed by atoms with Crippen LogP contribution < -0.4 is 0 Å². The van der Waals surface area contributed by atoms with Crippen LogP contribution in [0, 0.1) is 0 Å². The molecule has 90 valence electrons. The van der Waals surface area contributed by atoms with Crippen LogP contribution in [0.2, 0.25) is 0 Å². The van der Waals surface area contributed by atoms with Crippen molar-refractivity contribution in [2.24, 2.45) is 0 Å². The lowest BCUT2D eigenvalue weighted by molar-refractivity contribution is -0.0761. The Balaban J connectivity index is 0.00000106. The topological polar surface area (TPSA) is 55.3 Å². The van der Waals surface area contributed by atoms with Crippen LogP contribution in [0.5, 0.6) is 0 Å². The molecule has 0 spiro atoms. The number of carbonyl (C=O) groups excluding carboxylic acids is 1. The molecule has 0 bridgehead atoms. The number of carbonyl (C=O) groups is 1. The SMILES string of the molecule is CC.CON(C)C(=O)c1ccnc(SC)n1. The van der Waals surface area contributed by atoms with E-state index in [-0.39, 0.29) is 5.91 Å². The molecule has 1 aromatic rings. The van der Waals surface area contributed by atoms with Gasteiger partial charge in [-0.2, -0.15) is 0 Å². The maximum Gasteiger partial charge on any atom is 0.295 e. The Morgan fingerprint density at radius 1 is 1.50 bits per heavy atom. The summed E-state index contributed by atoms with van der Waals surface area (Å²) in [6.07, 6.45) is 3.40. The number of nitrogens with zero attached hydrogens (tertiary/aromatic N) is 3. The van der Waals surface area contributed by atoms with Gasteiger partial charge in [0.2, 0.25) is 0 Å². The summed E-state index contributed by atoms with van der Waals surface area (Å²) in [6, 6.07) is 1.55. The molecule has 0 aromatic carbocycles. The summed E-state index contributed by atoms with van der Waals surface area (Å²) in [5.74, 6) is -0.287. The molecule has 1 heterocycles. The predicted octanol–water partition coefficient (Wildman–Crippen LogP) is 1.86.